The monoisotopic (exact) mass is 220 g/mol. The summed E-state index contributed by atoms with van der Waals surface area (Å²) < 4.78 is 19.8. The molecule has 0 aliphatic carbocycles. The highest BCUT2D eigenvalue weighted by Crippen LogP contribution is 1.87. The standard InChI is InChI=1S/C10H20O5/c1-3-15-10(11)9-14-6-4-5-13-8-7-12-2/h3-9H2,1-2H3. The SMILES string of the molecule is CCOC(=O)COCCCOCCOC. The zero-order valence-electron chi connectivity index (χ0n) is 9.49. The molecule has 15 heavy (non-hydrogen) atoms. The van der Waals surface area contributed by atoms with Crippen LogP contribution in [0.1, 0.15) is 13.3 Å². The Balaban J connectivity index is 3.01. The molecule has 0 amide bonds. The first-order valence-corrected chi connectivity index (χ1v) is 5.11. The maximum Gasteiger partial charge on any atom is 0.332 e. The summed E-state index contributed by atoms with van der Waals surface area (Å²) in [5.74, 6) is -0.321. The van der Waals surface area contributed by atoms with Crippen LogP contribution in [0.5, 0.6) is 0 Å². The van der Waals surface area contributed by atoms with Gasteiger partial charge in [0.1, 0.15) is 6.61 Å². The Morgan fingerprint density at radius 1 is 1.07 bits per heavy atom. The Hall–Kier alpha value is -0.650. The maximum absolute atomic E-state index is 10.8. The zero-order chi connectivity index (χ0) is 11.4. The lowest BCUT2D eigenvalue weighted by Crippen LogP contribution is -2.13. The zero-order valence-corrected chi connectivity index (χ0v) is 9.49. The molecule has 0 saturated carbocycles. The molecule has 0 atom stereocenters. The highest BCUT2D eigenvalue weighted by atomic mass is 16.6. The molecule has 0 aliphatic heterocycles. The number of hydrogen-bond donors (Lipinski definition) is 0. The lowest BCUT2D eigenvalue weighted by atomic mass is 10.5. The van der Waals surface area contributed by atoms with E-state index in [1.54, 1.807) is 14.0 Å². The fraction of sp³-hybridized carbons (Fsp3) is 0.900. The molecule has 0 unspecified atom stereocenters. The van der Waals surface area contributed by atoms with Crippen LogP contribution in [0.3, 0.4) is 0 Å². The Morgan fingerprint density at radius 3 is 2.47 bits per heavy atom. The molecule has 0 aromatic rings. The quantitative estimate of drug-likeness (QED) is 0.399. The molecule has 0 rings (SSSR count). The normalized spacial score (nSPS) is 10.3. The van der Waals surface area contributed by atoms with Gasteiger partial charge in [0.15, 0.2) is 0 Å². The van der Waals surface area contributed by atoms with Crippen LogP contribution < -0.4 is 0 Å². The first kappa shape index (κ1) is 14.3. The minimum Gasteiger partial charge on any atom is -0.464 e. The number of esters is 1. The lowest BCUT2D eigenvalue weighted by molar-refractivity contribution is -0.148. The van der Waals surface area contributed by atoms with Crippen molar-refractivity contribution in [3.05, 3.63) is 0 Å². The molecule has 0 bridgehead atoms. The van der Waals surface area contributed by atoms with Gasteiger partial charge in [-0.2, -0.15) is 0 Å². The number of methoxy groups -OCH3 is 1. The van der Waals surface area contributed by atoms with Gasteiger partial charge in [0.2, 0.25) is 0 Å². The highest BCUT2D eigenvalue weighted by molar-refractivity contribution is 5.70. The van der Waals surface area contributed by atoms with Crippen LogP contribution in [0, 0.1) is 0 Å². The predicted octanol–water partition coefficient (Wildman–Crippen LogP) is 0.619. The highest BCUT2D eigenvalue weighted by Gasteiger charge is 2.00. The van der Waals surface area contributed by atoms with Gasteiger partial charge in [-0.3, -0.25) is 0 Å². The Morgan fingerprint density at radius 2 is 1.80 bits per heavy atom. The van der Waals surface area contributed by atoms with E-state index in [1.165, 1.54) is 0 Å². The maximum atomic E-state index is 10.8. The molecular weight excluding hydrogens is 200 g/mol. The average molecular weight is 220 g/mol. The second-order valence-electron chi connectivity index (χ2n) is 2.82. The van der Waals surface area contributed by atoms with Gasteiger partial charge < -0.3 is 18.9 Å². The molecule has 0 aromatic heterocycles. The number of carbonyl (C=O) groups is 1. The molecule has 5 nitrogen and oxygen atoms in total. The summed E-state index contributed by atoms with van der Waals surface area (Å²) in [5.41, 5.74) is 0. The van der Waals surface area contributed by atoms with E-state index in [2.05, 4.69) is 4.74 Å². The summed E-state index contributed by atoms with van der Waals surface area (Å²) in [5, 5.41) is 0. The molecule has 0 aromatic carbocycles. The summed E-state index contributed by atoms with van der Waals surface area (Å²) in [4.78, 5) is 10.8. The largest absolute Gasteiger partial charge is 0.464 e. The van der Waals surface area contributed by atoms with Crippen LogP contribution >= 0.6 is 0 Å². The van der Waals surface area contributed by atoms with Crippen LogP contribution in [0.2, 0.25) is 0 Å². The Labute approximate surface area is 90.6 Å². The molecule has 90 valence electrons. The minimum absolute atomic E-state index is 0.0198. The van der Waals surface area contributed by atoms with Gasteiger partial charge in [0.05, 0.1) is 19.8 Å². The number of rotatable bonds is 10. The molecule has 0 spiro atoms. The second-order valence-corrected chi connectivity index (χ2v) is 2.82. The van der Waals surface area contributed by atoms with Crippen LogP contribution in [0.25, 0.3) is 0 Å². The van der Waals surface area contributed by atoms with Crippen molar-refractivity contribution in [1.82, 2.24) is 0 Å². The molecule has 0 aliphatic rings. The van der Waals surface area contributed by atoms with Crippen molar-refractivity contribution in [2.45, 2.75) is 13.3 Å². The van der Waals surface area contributed by atoms with E-state index in [0.29, 0.717) is 33.0 Å². The molecule has 0 saturated heterocycles. The third kappa shape index (κ3) is 11.3. The van der Waals surface area contributed by atoms with Crippen LogP contribution in [0.15, 0.2) is 0 Å². The first-order valence-electron chi connectivity index (χ1n) is 5.11. The van der Waals surface area contributed by atoms with Gasteiger partial charge in [0.25, 0.3) is 0 Å². The first-order chi connectivity index (χ1) is 7.31. The van der Waals surface area contributed by atoms with Crippen molar-refractivity contribution >= 4 is 5.97 Å². The van der Waals surface area contributed by atoms with Crippen molar-refractivity contribution < 1.29 is 23.7 Å². The van der Waals surface area contributed by atoms with E-state index in [4.69, 9.17) is 14.2 Å². The van der Waals surface area contributed by atoms with E-state index < -0.39 is 0 Å². The van der Waals surface area contributed by atoms with E-state index in [0.717, 1.165) is 6.42 Å². The third-order valence-corrected chi connectivity index (χ3v) is 1.53. The molecule has 0 N–H and O–H groups in total. The van der Waals surface area contributed by atoms with Gasteiger partial charge in [-0.1, -0.05) is 0 Å². The van der Waals surface area contributed by atoms with Crippen molar-refractivity contribution in [3.63, 3.8) is 0 Å². The molecular formula is C10H20O5. The van der Waals surface area contributed by atoms with E-state index in [1.807, 2.05) is 0 Å². The summed E-state index contributed by atoms with van der Waals surface area (Å²) in [6.45, 7) is 4.49. The third-order valence-electron chi connectivity index (χ3n) is 1.53. The minimum atomic E-state index is -0.321. The van der Waals surface area contributed by atoms with Crippen LogP contribution in [-0.2, 0) is 23.7 Å². The second kappa shape index (κ2) is 11.4. The number of hydrogen-bond acceptors (Lipinski definition) is 5. The molecule has 0 heterocycles. The van der Waals surface area contributed by atoms with Gasteiger partial charge in [0, 0.05) is 20.3 Å². The number of ether oxygens (including phenoxy) is 4. The van der Waals surface area contributed by atoms with Gasteiger partial charge in [-0.25, -0.2) is 4.79 Å². The van der Waals surface area contributed by atoms with Gasteiger partial charge in [-0.15, -0.1) is 0 Å². The van der Waals surface area contributed by atoms with E-state index in [9.17, 15) is 4.79 Å². The van der Waals surface area contributed by atoms with Gasteiger partial charge >= 0.3 is 5.97 Å². The fourth-order valence-electron chi connectivity index (χ4n) is 0.866. The average Bonchev–Trinajstić information content (AvgIpc) is 2.22. The van der Waals surface area contributed by atoms with Gasteiger partial charge in [-0.05, 0) is 13.3 Å². The van der Waals surface area contributed by atoms with Crippen LogP contribution in [0.4, 0.5) is 0 Å². The molecule has 0 fully saturated rings. The summed E-state index contributed by atoms with van der Waals surface area (Å²) in [7, 11) is 1.63. The van der Waals surface area contributed by atoms with Crippen molar-refractivity contribution in [3.8, 4) is 0 Å². The summed E-state index contributed by atoms with van der Waals surface area (Å²) in [6, 6.07) is 0. The fourth-order valence-corrected chi connectivity index (χ4v) is 0.866. The van der Waals surface area contributed by atoms with Crippen molar-refractivity contribution in [2.24, 2.45) is 0 Å². The summed E-state index contributed by atoms with van der Waals surface area (Å²) in [6.07, 6.45) is 0.767. The smallest absolute Gasteiger partial charge is 0.332 e. The topological polar surface area (TPSA) is 54.0 Å². The van der Waals surface area contributed by atoms with E-state index >= 15 is 0 Å². The Bertz CT molecular complexity index is 149. The lowest BCUT2D eigenvalue weighted by Gasteiger charge is -2.05. The van der Waals surface area contributed by atoms with E-state index in [-0.39, 0.29) is 12.6 Å². The molecule has 5 heteroatoms. The molecule has 0 radical (unpaired) electrons. The summed E-state index contributed by atoms with van der Waals surface area (Å²) >= 11 is 0. The van der Waals surface area contributed by atoms with Crippen molar-refractivity contribution in [2.75, 3.05) is 46.8 Å². The predicted molar refractivity (Wildman–Crippen MR) is 54.8 cm³/mol. The van der Waals surface area contributed by atoms with Crippen LogP contribution in [-0.4, -0.2) is 52.7 Å². The number of carbonyl (C=O) groups excluding carboxylic acids is 1. The van der Waals surface area contributed by atoms with Crippen molar-refractivity contribution in [1.29, 1.82) is 0 Å². The Kier molecular flexibility index (Phi) is 10.9.